The molecule has 212 valence electrons. The number of aromatic nitrogens is 3. The number of alkyl halides is 3. The highest BCUT2D eigenvalue weighted by Gasteiger charge is 2.34. The quantitative estimate of drug-likeness (QED) is 0.215. The minimum atomic E-state index is -4.52. The van der Waals surface area contributed by atoms with Crippen LogP contribution in [-0.4, -0.2) is 38.7 Å². The van der Waals surface area contributed by atoms with Crippen molar-refractivity contribution in [2.45, 2.75) is 51.7 Å². The summed E-state index contributed by atoms with van der Waals surface area (Å²) < 4.78 is 41.8. The van der Waals surface area contributed by atoms with Crippen molar-refractivity contribution in [1.82, 2.24) is 19.9 Å². The molecule has 4 aromatic rings. The molecule has 41 heavy (non-hydrogen) atoms. The topological polar surface area (TPSA) is 71.0 Å². The zero-order valence-corrected chi connectivity index (χ0v) is 22.9. The highest BCUT2D eigenvalue weighted by molar-refractivity contribution is 5.96. The monoisotopic (exact) mass is 559 g/mol. The Morgan fingerprint density at radius 2 is 1.83 bits per heavy atom. The lowest BCUT2D eigenvalue weighted by atomic mass is 9.97. The number of hydrogen-bond donors (Lipinski definition) is 1. The Balaban J connectivity index is 1.27. The van der Waals surface area contributed by atoms with Gasteiger partial charge in [-0.15, -0.1) is 0 Å². The molecule has 1 aliphatic heterocycles. The van der Waals surface area contributed by atoms with Gasteiger partial charge in [0.15, 0.2) is 5.78 Å². The molecule has 0 saturated carbocycles. The first-order valence-electron chi connectivity index (χ1n) is 13.8. The number of aryl methyl sites for hydroxylation is 2. The minimum absolute atomic E-state index is 0.0918. The predicted octanol–water partition coefficient (Wildman–Crippen LogP) is 7.41. The van der Waals surface area contributed by atoms with E-state index in [0.717, 1.165) is 66.5 Å². The standard InChI is InChI=1S/C32H32F3N5O/c1-22-7-8-23(16-28(22)39-31-18-29(37-21-38-31)25-6-5-13-36-19-25)9-12-30(41)24-10-11-26(27(17-24)32(33,34)35)20-40-14-3-2-4-15-40/h5-8,10-11,13,16-19,21H,2-4,9,12,14-15,20H2,1H3,(H,37,38,39). The highest BCUT2D eigenvalue weighted by Crippen LogP contribution is 2.34. The third-order valence-corrected chi connectivity index (χ3v) is 7.41. The molecule has 3 heterocycles. The van der Waals surface area contributed by atoms with E-state index in [1.54, 1.807) is 12.4 Å². The van der Waals surface area contributed by atoms with Crippen molar-refractivity contribution >= 4 is 17.3 Å². The van der Waals surface area contributed by atoms with Gasteiger partial charge in [0.25, 0.3) is 0 Å². The van der Waals surface area contributed by atoms with Crippen molar-refractivity contribution < 1.29 is 18.0 Å². The molecule has 0 bridgehead atoms. The van der Waals surface area contributed by atoms with Crippen molar-refractivity contribution in [2.24, 2.45) is 0 Å². The van der Waals surface area contributed by atoms with Gasteiger partial charge < -0.3 is 5.32 Å². The molecule has 2 aromatic heterocycles. The summed E-state index contributed by atoms with van der Waals surface area (Å²) in [7, 11) is 0. The third-order valence-electron chi connectivity index (χ3n) is 7.41. The molecule has 9 heteroatoms. The second-order valence-corrected chi connectivity index (χ2v) is 10.4. The summed E-state index contributed by atoms with van der Waals surface area (Å²) in [5, 5.41) is 3.32. The number of likely N-dealkylation sites (tertiary alicyclic amines) is 1. The van der Waals surface area contributed by atoms with E-state index in [1.165, 1.54) is 18.5 Å². The molecule has 1 fully saturated rings. The lowest BCUT2D eigenvalue weighted by molar-refractivity contribution is -0.138. The van der Waals surface area contributed by atoms with Gasteiger partial charge in [0, 0.05) is 48.2 Å². The molecule has 0 unspecified atom stereocenters. The summed E-state index contributed by atoms with van der Waals surface area (Å²) >= 11 is 0. The van der Waals surface area contributed by atoms with Crippen LogP contribution in [-0.2, 0) is 19.1 Å². The van der Waals surface area contributed by atoms with Crippen LogP contribution in [0, 0.1) is 6.92 Å². The summed E-state index contributed by atoms with van der Waals surface area (Å²) in [6, 6.07) is 15.4. The first kappa shape index (κ1) is 28.4. The number of ketones is 1. The average molecular weight is 560 g/mol. The Morgan fingerprint density at radius 3 is 2.59 bits per heavy atom. The van der Waals surface area contributed by atoms with Crippen LogP contribution in [0.25, 0.3) is 11.3 Å². The molecule has 0 aliphatic carbocycles. The van der Waals surface area contributed by atoms with Gasteiger partial charge >= 0.3 is 6.18 Å². The number of nitrogens with one attached hydrogen (secondary N) is 1. The number of carbonyl (C=O) groups is 1. The van der Waals surface area contributed by atoms with Crippen LogP contribution in [0.3, 0.4) is 0 Å². The molecule has 1 saturated heterocycles. The highest BCUT2D eigenvalue weighted by atomic mass is 19.4. The molecule has 0 spiro atoms. The van der Waals surface area contributed by atoms with Crippen LogP contribution in [0.1, 0.15) is 58.3 Å². The maximum absolute atomic E-state index is 13.9. The van der Waals surface area contributed by atoms with Crippen LogP contribution in [0.2, 0.25) is 0 Å². The lowest BCUT2D eigenvalue weighted by Gasteiger charge is -2.27. The van der Waals surface area contributed by atoms with Gasteiger partial charge in [-0.05, 0) is 80.2 Å². The molecular weight excluding hydrogens is 527 g/mol. The van der Waals surface area contributed by atoms with Crippen molar-refractivity contribution in [3.8, 4) is 11.3 Å². The van der Waals surface area contributed by atoms with E-state index in [-0.39, 0.29) is 29.9 Å². The van der Waals surface area contributed by atoms with Gasteiger partial charge in [-0.25, -0.2) is 9.97 Å². The fourth-order valence-corrected chi connectivity index (χ4v) is 5.11. The largest absolute Gasteiger partial charge is 0.416 e. The molecule has 0 atom stereocenters. The zero-order chi connectivity index (χ0) is 28.8. The van der Waals surface area contributed by atoms with Crippen molar-refractivity contribution in [3.05, 3.63) is 101 Å². The number of halogens is 3. The lowest BCUT2D eigenvalue weighted by Crippen LogP contribution is -2.30. The smallest absolute Gasteiger partial charge is 0.340 e. The molecule has 1 N–H and O–H groups in total. The molecule has 2 aromatic carbocycles. The fraction of sp³-hybridized carbons (Fsp3) is 0.312. The van der Waals surface area contributed by atoms with Crippen molar-refractivity contribution in [3.63, 3.8) is 0 Å². The fourth-order valence-electron chi connectivity index (χ4n) is 5.11. The number of piperidine rings is 1. The molecule has 1 aliphatic rings. The first-order valence-corrected chi connectivity index (χ1v) is 13.8. The maximum Gasteiger partial charge on any atom is 0.416 e. The second kappa shape index (κ2) is 12.6. The van der Waals surface area contributed by atoms with E-state index in [1.807, 2.05) is 43.3 Å². The molecular formula is C32H32F3N5O. The molecule has 0 radical (unpaired) electrons. The number of nitrogens with zero attached hydrogens (tertiary/aromatic N) is 4. The van der Waals surface area contributed by atoms with E-state index >= 15 is 0 Å². The first-order chi connectivity index (χ1) is 19.8. The number of carbonyl (C=O) groups excluding carboxylic acids is 1. The average Bonchev–Trinajstić information content (AvgIpc) is 2.98. The SMILES string of the molecule is Cc1ccc(CCC(=O)c2ccc(CN3CCCCC3)c(C(F)(F)F)c2)cc1Nc1cc(-c2cccnc2)ncn1. The van der Waals surface area contributed by atoms with Gasteiger partial charge in [0.1, 0.15) is 12.1 Å². The Bertz CT molecular complexity index is 1500. The van der Waals surface area contributed by atoms with Gasteiger partial charge in [-0.2, -0.15) is 13.2 Å². The summed E-state index contributed by atoms with van der Waals surface area (Å²) in [6.45, 7) is 3.81. The number of benzene rings is 2. The second-order valence-electron chi connectivity index (χ2n) is 10.4. The zero-order valence-electron chi connectivity index (χ0n) is 22.9. The van der Waals surface area contributed by atoms with E-state index in [2.05, 4.69) is 25.2 Å². The third kappa shape index (κ3) is 7.35. The van der Waals surface area contributed by atoms with Gasteiger partial charge in [0.2, 0.25) is 0 Å². The summed E-state index contributed by atoms with van der Waals surface area (Å²) in [5.74, 6) is 0.298. The number of pyridine rings is 1. The predicted molar refractivity (Wildman–Crippen MR) is 153 cm³/mol. The van der Waals surface area contributed by atoms with E-state index in [9.17, 15) is 18.0 Å². The van der Waals surface area contributed by atoms with Crippen molar-refractivity contribution in [1.29, 1.82) is 0 Å². The Kier molecular flexibility index (Phi) is 8.73. The molecule has 5 rings (SSSR count). The summed E-state index contributed by atoms with van der Waals surface area (Å²) in [5.41, 5.74) is 3.91. The summed E-state index contributed by atoms with van der Waals surface area (Å²) in [4.78, 5) is 27.8. The van der Waals surface area contributed by atoms with E-state index in [4.69, 9.17) is 0 Å². The Morgan fingerprint density at radius 1 is 1.00 bits per heavy atom. The number of anilines is 2. The van der Waals surface area contributed by atoms with Crippen LogP contribution >= 0.6 is 0 Å². The maximum atomic E-state index is 13.9. The van der Waals surface area contributed by atoms with Crippen molar-refractivity contribution in [2.75, 3.05) is 18.4 Å². The molecule has 6 nitrogen and oxygen atoms in total. The Labute approximate surface area is 237 Å². The Hall–Kier alpha value is -4.11. The van der Waals surface area contributed by atoms with Gasteiger partial charge in [-0.3, -0.25) is 14.7 Å². The van der Waals surface area contributed by atoms with E-state index in [0.29, 0.717) is 12.2 Å². The van der Waals surface area contributed by atoms with Gasteiger partial charge in [0.05, 0.1) is 11.3 Å². The van der Waals surface area contributed by atoms with Gasteiger partial charge in [-0.1, -0.05) is 30.7 Å². The number of rotatable bonds is 9. The molecule has 0 amide bonds. The number of hydrogen-bond acceptors (Lipinski definition) is 6. The number of Topliss-reactive ketones (excluding diaryl/α,β-unsaturated/α-hetero) is 1. The minimum Gasteiger partial charge on any atom is -0.340 e. The normalized spacial score (nSPS) is 14.1. The van der Waals surface area contributed by atoms with Crippen LogP contribution in [0.4, 0.5) is 24.7 Å². The van der Waals surface area contributed by atoms with Crippen LogP contribution in [0.5, 0.6) is 0 Å². The summed E-state index contributed by atoms with van der Waals surface area (Å²) in [6.07, 6.45) is 4.01. The van der Waals surface area contributed by atoms with E-state index < -0.39 is 11.7 Å². The van der Waals surface area contributed by atoms with Crippen LogP contribution < -0.4 is 5.32 Å². The van der Waals surface area contributed by atoms with Crippen LogP contribution in [0.15, 0.2) is 73.3 Å².